The molecule has 0 unspecified atom stereocenters. The van der Waals surface area contributed by atoms with Crippen LogP contribution >= 0.6 is 8.92 Å². The Morgan fingerprint density at radius 2 is 0.741 bits per heavy atom. The van der Waals surface area contributed by atoms with Crippen molar-refractivity contribution < 1.29 is 0 Å². The molecule has 0 heterocycles. The molecule has 27 heavy (non-hydrogen) atoms. The van der Waals surface area contributed by atoms with Gasteiger partial charge in [0.05, 0.1) is 0 Å². The molecule has 0 rings (SSSR count). The SMILES string of the molecule is CCC[CH2][SnH]([CH2]CCC)[CH2]CCC.CCC[CH2][Sn]([Cl])([CH2]CCC)[CH2]CCC. The van der Waals surface area contributed by atoms with E-state index in [1.54, 1.807) is 13.3 Å². The minimum atomic E-state index is -2.09. The third-order valence-corrected chi connectivity index (χ3v) is 30.8. The van der Waals surface area contributed by atoms with Crippen LogP contribution in [0.1, 0.15) is 119 Å². The maximum absolute atomic E-state index is 6.89. The first-order valence-corrected chi connectivity index (χ1v) is 29.4. The monoisotopic (exact) mass is 618 g/mol. The molecule has 166 valence electrons. The van der Waals surface area contributed by atoms with Gasteiger partial charge in [-0.2, -0.15) is 0 Å². The fourth-order valence-corrected chi connectivity index (χ4v) is 28.0. The number of hydrogen-bond acceptors (Lipinski definition) is 0. The van der Waals surface area contributed by atoms with E-state index in [0.29, 0.717) is 0 Å². The molecule has 0 fully saturated rings. The van der Waals surface area contributed by atoms with Gasteiger partial charge in [0, 0.05) is 0 Å². The van der Waals surface area contributed by atoms with Gasteiger partial charge in [-0.05, 0) is 0 Å². The summed E-state index contributed by atoms with van der Waals surface area (Å²) in [5.74, 6) is 0. The van der Waals surface area contributed by atoms with E-state index in [1.807, 2.05) is 0 Å². The first kappa shape index (κ1) is 31.1. The van der Waals surface area contributed by atoms with E-state index in [1.165, 1.54) is 90.4 Å². The summed E-state index contributed by atoms with van der Waals surface area (Å²) < 4.78 is 9.35. The molecule has 0 aliphatic carbocycles. The third-order valence-electron chi connectivity index (χ3n) is 5.83. The zero-order valence-corrected chi connectivity index (χ0v) is 27.1. The molecule has 0 aliphatic rings. The quantitative estimate of drug-likeness (QED) is 0.135. The van der Waals surface area contributed by atoms with Crippen molar-refractivity contribution in [1.82, 2.24) is 0 Å². The average molecular weight is 617 g/mol. The Hall–Kier alpha value is 1.89. The summed E-state index contributed by atoms with van der Waals surface area (Å²) in [6.45, 7) is 13.8. The first-order chi connectivity index (χ1) is 13.0. The molecular formula is C24H55ClSn2. The number of hydrogen-bond donors (Lipinski definition) is 0. The molecule has 0 amide bonds. The zero-order valence-electron chi connectivity index (χ0n) is 20.2. The molecule has 0 aromatic heterocycles. The molecular weight excluding hydrogens is 561 g/mol. The van der Waals surface area contributed by atoms with Crippen molar-refractivity contribution in [3.8, 4) is 0 Å². The van der Waals surface area contributed by atoms with Crippen molar-refractivity contribution in [3.05, 3.63) is 0 Å². The zero-order chi connectivity index (χ0) is 20.8. The van der Waals surface area contributed by atoms with Crippen LogP contribution in [0.15, 0.2) is 0 Å². The first-order valence-electron chi connectivity index (χ1n) is 12.7. The molecule has 0 aromatic rings. The van der Waals surface area contributed by atoms with Crippen LogP contribution in [-0.2, 0) is 0 Å². The summed E-state index contributed by atoms with van der Waals surface area (Å²) in [5, 5.41) is 0. The molecule has 0 aliphatic heterocycles. The molecule has 0 saturated heterocycles. The van der Waals surface area contributed by atoms with E-state index in [4.69, 9.17) is 8.92 Å². The molecule has 0 bridgehead atoms. The summed E-state index contributed by atoms with van der Waals surface area (Å²) in [7, 11) is 6.89. The Balaban J connectivity index is 0. The van der Waals surface area contributed by atoms with E-state index < -0.39 is 37.0 Å². The average Bonchev–Trinajstić information content (AvgIpc) is 2.69. The number of rotatable bonds is 18. The summed E-state index contributed by atoms with van der Waals surface area (Å²) in [5.41, 5.74) is 0. The molecule has 0 radical (unpaired) electrons. The van der Waals surface area contributed by atoms with E-state index in [2.05, 4.69) is 41.5 Å². The Morgan fingerprint density at radius 1 is 0.481 bits per heavy atom. The topological polar surface area (TPSA) is 0 Å². The Labute approximate surface area is 189 Å². The Kier molecular flexibility index (Phi) is 27.8. The minimum absolute atomic E-state index is 0.967. The van der Waals surface area contributed by atoms with Gasteiger partial charge in [-0.3, -0.25) is 0 Å². The molecule has 0 spiro atoms. The standard InChI is InChI=1S/6C4H9.ClH.2Sn.H/c6*1-3-4-2;;;;/h6*1,3-4H2,2H3;1H;;;/q;;;;;;;;+1;/p-1. The van der Waals surface area contributed by atoms with Gasteiger partial charge in [0.25, 0.3) is 0 Å². The van der Waals surface area contributed by atoms with Gasteiger partial charge in [0.1, 0.15) is 0 Å². The second-order valence-electron chi connectivity index (χ2n) is 8.75. The van der Waals surface area contributed by atoms with Crippen molar-refractivity contribution in [2.45, 2.75) is 145 Å². The van der Waals surface area contributed by atoms with Gasteiger partial charge in [-0.25, -0.2) is 0 Å². The van der Waals surface area contributed by atoms with Crippen LogP contribution in [-0.4, -0.2) is 37.0 Å². The number of unbranched alkanes of at least 4 members (excludes halogenated alkanes) is 6. The second-order valence-corrected chi connectivity index (χ2v) is 34.9. The van der Waals surface area contributed by atoms with E-state index in [0.717, 1.165) is 0 Å². The van der Waals surface area contributed by atoms with Crippen LogP contribution in [0.4, 0.5) is 0 Å². The van der Waals surface area contributed by atoms with Crippen LogP contribution in [0.5, 0.6) is 0 Å². The van der Waals surface area contributed by atoms with Crippen molar-refractivity contribution >= 4 is 45.9 Å². The van der Waals surface area contributed by atoms with Gasteiger partial charge >= 0.3 is 191 Å². The fraction of sp³-hybridized carbons (Fsp3) is 1.00. The fourth-order valence-electron chi connectivity index (χ4n) is 3.77. The second kappa shape index (κ2) is 24.2. The van der Waals surface area contributed by atoms with Crippen molar-refractivity contribution in [2.24, 2.45) is 0 Å². The van der Waals surface area contributed by atoms with Crippen LogP contribution in [0, 0.1) is 0 Å². The van der Waals surface area contributed by atoms with E-state index >= 15 is 0 Å². The van der Waals surface area contributed by atoms with Crippen molar-refractivity contribution in [1.29, 1.82) is 0 Å². The third kappa shape index (κ3) is 22.4. The predicted molar refractivity (Wildman–Crippen MR) is 137 cm³/mol. The van der Waals surface area contributed by atoms with Gasteiger partial charge in [-0.1, -0.05) is 0 Å². The van der Waals surface area contributed by atoms with Crippen LogP contribution in [0.2, 0.25) is 26.6 Å². The summed E-state index contributed by atoms with van der Waals surface area (Å²) in [6.07, 6.45) is 17.0. The summed E-state index contributed by atoms with van der Waals surface area (Å²) in [4.78, 5) is 0. The van der Waals surface area contributed by atoms with Gasteiger partial charge in [0.2, 0.25) is 0 Å². The normalized spacial score (nSPS) is 11.6. The van der Waals surface area contributed by atoms with Crippen LogP contribution in [0.25, 0.3) is 0 Å². The van der Waals surface area contributed by atoms with Crippen LogP contribution in [0.3, 0.4) is 0 Å². The van der Waals surface area contributed by atoms with E-state index in [9.17, 15) is 0 Å². The van der Waals surface area contributed by atoms with Gasteiger partial charge in [-0.15, -0.1) is 0 Å². The van der Waals surface area contributed by atoms with Gasteiger partial charge in [0.15, 0.2) is 0 Å². The molecule has 0 N–H and O–H groups in total. The Bertz CT molecular complexity index is 230. The molecule has 0 saturated carbocycles. The maximum atomic E-state index is 6.89. The van der Waals surface area contributed by atoms with Crippen molar-refractivity contribution in [2.75, 3.05) is 0 Å². The molecule has 0 atom stereocenters. The predicted octanol–water partition coefficient (Wildman–Crippen LogP) is 10.2. The van der Waals surface area contributed by atoms with E-state index in [-0.39, 0.29) is 0 Å². The number of halogens is 1. The van der Waals surface area contributed by atoms with Gasteiger partial charge < -0.3 is 0 Å². The Morgan fingerprint density at radius 3 is 0.963 bits per heavy atom. The molecule has 3 heteroatoms. The summed E-state index contributed by atoms with van der Waals surface area (Å²) in [6, 6.07) is 0. The molecule has 0 nitrogen and oxygen atoms in total. The summed E-state index contributed by atoms with van der Waals surface area (Å²) >= 11 is -3.06. The van der Waals surface area contributed by atoms with Crippen LogP contribution < -0.4 is 0 Å². The molecule has 0 aromatic carbocycles. The van der Waals surface area contributed by atoms with Crippen molar-refractivity contribution in [3.63, 3.8) is 0 Å².